The Morgan fingerprint density at radius 3 is 2.52 bits per heavy atom. The van der Waals surface area contributed by atoms with Crippen molar-refractivity contribution in [2.24, 2.45) is 0 Å². The molecule has 1 saturated heterocycles. The number of hydrogen-bond donors (Lipinski definition) is 0. The number of aromatic nitrogens is 1. The topological polar surface area (TPSA) is 45.7 Å². The summed E-state index contributed by atoms with van der Waals surface area (Å²) in [4.78, 5) is 20.5. The summed E-state index contributed by atoms with van der Waals surface area (Å²) in [7, 11) is 0. The molecule has 1 aliphatic heterocycles. The van der Waals surface area contributed by atoms with Crippen molar-refractivity contribution in [3.05, 3.63) is 30.1 Å². The van der Waals surface area contributed by atoms with Gasteiger partial charge in [-0.15, -0.1) is 0 Å². The van der Waals surface area contributed by atoms with Crippen molar-refractivity contribution < 1.29 is 9.53 Å². The molecular formula is C16H25N3O2. The maximum atomic E-state index is 12.0. The predicted octanol–water partition coefficient (Wildman–Crippen LogP) is 2.18. The molecule has 5 nitrogen and oxygen atoms in total. The Morgan fingerprint density at radius 2 is 1.95 bits per heavy atom. The monoisotopic (exact) mass is 291 g/mol. The Kier molecular flexibility index (Phi) is 5.17. The summed E-state index contributed by atoms with van der Waals surface area (Å²) in [6.07, 6.45) is 2.58. The molecule has 0 saturated carbocycles. The summed E-state index contributed by atoms with van der Waals surface area (Å²) in [6, 6.07) is 6.00. The highest BCUT2D eigenvalue weighted by Crippen LogP contribution is 2.12. The van der Waals surface area contributed by atoms with Crippen molar-refractivity contribution in [2.75, 3.05) is 32.7 Å². The number of carbonyl (C=O) groups is 1. The van der Waals surface area contributed by atoms with E-state index in [2.05, 4.69) is 16.0 Å². The number of pyridine rings is 1. The lowest BCUT2D eigenvalue weighted by atomic mass is 10.2. The van der Waals surface area contributed by atoms with Crippen molar-refractivity contribution >= 4 is 6.09 Å². The smallest absolute Gasteiger partial charge is 0.410 e. The van der Waals surface area contributed by atoms with E-state index in [-0.39, 0.29) is 6.09 Å². The van der Waals surface area contributed by atoms with E-state index in [9.17, 15) is 4.79 Å². The molecule has 0 unspecified atom stereocenters. The Balaban J connectivity index is 1.72. The average Bonchev–Trinajstić information content (AvgIpc) is 2.45. The minimum atomic E-state index is -0.423. The van der Waals surface area contributed by atoms with Gasteiger partial charge in [0.25, 0.3) is 0 Å². The molecule has 1 aliphatic rings. The van der Waals surface area contributed by atoms with Gasteiger partial charge < -0.3 is 9.64 Å². The standard InChI is InChI=1S/C16H25N3O2/c1-16(2,3)21-15(20)19-12-10-18(11-13-19)9-7-14-6-4-5-8-17-14/h4-6,8H,7,9-13H2,1-3H3. The van der Waals surface area contributed by atoms with Crippen LogP contribution in [-0.4, -0.2) is 59.2 Å². The van der Waals surface area contributed by atoms with E-state index in [1.54, 1.807) is 4.90 Å². The van der Waals surface area contributed by atoms with Crippen LogP contribution < -0.4 is 0 Å². The number of rotatable bonds is 3. The van der Waals surface area contributed by atoms with Crippen molar-refractivity contribution in [1.82, 2.24) is 14.8 Å². The van der Waals surface area contributed by atoms with E-state index in [1.165, 1.54) is 0 Å². The van der Waals surface area contributed by atoms with E-state index in [0.29, 0.717) is 0 Å². The lowest BCUT2D eigenvalue weighted by molar-refractivity contribution is 0.0146. The maximum Gasteiger partial charge on any atom is 0.410 e. The van der Waals surface area contributed by atoms with Gasteiger partial charge >= 0.3 is 6.09 Å². The van der Waals surface area contributed by atoms with Crippen LogP contribution in [-0.2, 0) is 11.2 Å². The molecule has 1 aromatic rings. The highest BCUT2D eigenvalue weighted by molar-refractivity contribution is 5.68. The van der Waals surface area contributed by atoms with E-state index in [4.69, 9.17) is 4.74 Å². The predicted molar refractivity (Wildman–Crippen MR) is 82.2 cm³/mol. The summed E-state index contributed by atoms with van der Waals surface area (Å²) >= 11 is 0. The Hall–Kier alpha value is -1.62. The van der Waals surface area contributed by atoms with Gasteiger partial charge in [-0.3, -0.25) is 9.88 Å². The van der Waals surface area contributed by atoms with Gasteiger partial charge in [-0.1, -0.05) is 6.07 Å². The summed E-state index contributed by atoms with van der Waals surface area (Å²) in [5.74, 6) is 0. The first kappa shape index (κ1) is 15.8. The van der Waals surface area contributed by atoms with Gasteiger partial charge in [0.05, 0.1) is 0 Å². The van der Waals surface area contributed by atoms with Crippen molar-refractivity contribution in [2.45, 2.75) is 32.8 Å². The molecule has 5 heteroatoms. The molecule has 116 valence electrons. The fourth-order valence-corrected chi connectivity index (χ4v) is 2.30. The van der Waals surface area contributed by atoms with Crippen LogP contribution in [0, 0.1) is 0 Å². The van der Waals surface area contributed by atoms with Gasteiger partial charge in [0.2, 0.25) is 0 Å². The zero-order chi connectivity index (χ0) is 15.3. The molecule has 21 heavy (non-hydrogen) atoms. The van der Waals surface area contributed by atoms with Crippen molar-refractivity contribution in [1.29, 1.82) is 0 Å². The second kappa shape index (κ2) is 6.89. The van der Waals surface area contributed by atoms with Gasteiger partial charge in [-0.05, 0) is 32.9 Å². The van der Waals surface area contributed by atoms with Crippen LogP contribution in [0.25, 0.3) is 0 Å². The third-order valence-electron chi connectivity index (χ3n) is 3.43. The molecular weight excluding hydrogens is 266 g/mol. The number of piperazine rings is 1. The Bertz CT molecular complexity index is 448. The van der Waals surface area contributed by atoms with E-state index in [1.807, 2.05) is 39.1 Å². The van der Waals surface area contributed by atoms with Gasteiger partial charge in [0.1, 0.15) is 5.60 Å². The lowest BCUT2D eigenvalue weighted by Gasteiger charge is -2.35. The first-order valence-electron chi connectivity index (χ1n) is 7.54. The number of nitrogens with zero attached hydrogens (tertiary/aromatic N) is 3. The molecule has 2 rings (SSSR count). The zero-order valence-electron chi connectivity index (χ0n) is 13.2. The molecule has 1 aromatic heterocycles. The first-order chi connectivity index (χ1) is 9.94. The fraction of sp³-hybridized carbons (Fsp3) is 0.625. The van der Waals surface area contributed by atoms with Gasteiger partial charge in [-0.25, -0.2) is 4.79 Å². The third kappa shape index (κ3) is 5.34. The van der Waals surface area contributed by atoms with Gasteiger partial charge in [-0.2, -0.15) is 0 Å². The Labute approximate surface area is 126 Å². The summed E-state index contributed by atoms with van der Waals surface area (Å²) in [5, 5.41) is 0. The highest BCUT2D eigenvalue weighted by atomic mass is 16.6. The molecule has 0 aliphatic carbocycles. The van der Waals surface area contributed by atoms with E-state index >= 15 is 0 Å². The summed E-state index contributed by atoms with van der Waals surface area (Å²) in [6.45, 7) is 9.93. The normalized spacial score (nSPS) is 16.8. The molecule has 0 bridgehead atoms. The van der Waals surface area contributed by atoms with Crippen LogP contribution in [0.5, 0.6) is 0 Å². The summed E-state index contributed by atoms with van der Waals surface area (Å²) < 4.78 is 5.40. The maximum absolute atomic E-state index is 12.0. The molecule has 0 N–H and O–H groups in total. The molecule has 1 amide bonds. The lowest BCUT2D eigenvalue weighted by Crippen LogP contribution is -2.50. The van der Waals surface area contributed by atoms with Crippen LogP contribution in [0.1, 0.15) is 26.5 Å². The molecule has 0 aromatic carbocycles. The third-order valence-corrected chi connectivity index (χ3v) is 3.43. The van der Waals surface area contributed by atoms with Crippen LogP contribution in [0.15, 0.2) is 24.4 Å². The second-order valence-electron chi connectivity index (χ2n) is 6.38. The molecule has 2 heterocycles. The minimum absolute atomic E-state index is 0.202. The number of carbonyl (C=O) groups excluding carboxylic acids is 1. The number of hydrogen-bond acceptors (Lipinski definition) is 4. The quantitative estimate of drug-likeness (QED) is 0.856. The second-order valence-corrected chi connectivity index (χ2v) is 6.38. The van der Waals surface area contributed by atoms with Gasteiger partial charge in [0.15, 0.2) is 0 Å². The van der Waals surface area contributed by atoms with Crippen LogP contribution in [0.4, 0.5) is 4.79 Å². The Morgan fingerprint density at radius 1 is 1.24 bits per heavy atom. The van der Waals surface area contributed by atoms with Crippen LogP contribution >= 0.6 is 0 Å². The van der Waals surface area contributed by atoms with Crippen molar-refractivity contribution in [3.8, 4) is 0 Å². The molecule has 0 spiro atoms. The summed E-state index contributed by atoms with van der Waals surface area (Å²) in [5.41, 5.74) is 0.694. The highest BCUT2D eigenvalue weighted by Gasteiger charge is 2.25. The largest absolute Gasteiger partial charge is 0.444 e. The molecule has 0 atom stereocenters. The van der Waals surface area contributed by atoms with Crippen LogP contribution in [0.3, 0.4) is 0 Å². The SMILES string of the molecule is CC(C)(C)OC(=O)N1CCN(CCc2ccccn2)CC1. The van der Waals surface area contributed by atoms with Crippen molar-refractivity contribution in [3.63, 3.8) is 0 Å². The minimum Gasteiger partial charge on any atom is -0.444 e. The average molecular weight is 291 g/mol. The van der Waals surface area contributed by atoms with Crippen LogP contribution in [0.2, 0.25) is 0 Å². The van der Waals surface area contributed by atoms with Gasteiger partial charge in [0, 0.05) is 51.0 Å². The zero-order valence-corrected chi connectivity index (χ0v) is 13.2. The van der Waals surface area contributed by atoms with E-state index in [0.717, 1.165) is 44.8 Å². The van der Waals surface area contributed by atoms with E-state index < -0.39 is 5.60 Å². The first-order valence-corrected chi connectivity index (χ1v) is 7.54. The molecule has 0 radical (unpaired) electrons. The number of ether oxygens (including phenoxy) is 1. The fourth-order valence-electron chi connectivity index (χ4n) is 2.30. The number of amides is 1. The molecule has 1 fully saturated rings.